The van der Waals surface area contributed by atoms with Gasteiger partial charge in [-0.2, -0.15) is 5.26 Å². The summed E-state index contributed by atoms with van der Waals surface area (Å²) in [5, 5.41) is 11.8. The van der Waals surface area contributed by atoms with Crippen LogP contribution >= 0.6 is 0 Å². The van der Waals surface area contributed by atoms with Gasteiger partial charge in [0, 0.05) is 29.8 Å². The number of ether oxygens (including phenoxy) is 2. The Hall–Kier alpha value is -3.92. The number of benzene rings is 2. The van der Waals surface area contributed by atoms with Crippen LogP contribution in [-0.4, -0.2) is 29.1 Å². The molecule has 0 aliphatic rings. The van der Waals surface area contributed by atoms with E-state index in [-0.39, 0.29) is 30.4 Å². The van der Waals surface area contributed by atoms with Gasteiger partial charge in [-0.05, 0) is 56.5 Å². The molecule has 35 heavy (non-hydrogen) atoms. The largest absolute Gasteiger partial charge is 0.479 e. The minimum Gasteiger partial charge on any atom is -0.479 e. The lowest BCUT2D eigenvalue weighted by atomic mass is 9.86. The molecule has 1 N–H and O–H groups in total. The number of nitriles is 1. The fourth-order valence-electron chi connectivity index (χ4n) is 3.71. The van der Waals surface area contributed by atoms with Crippen molar-refractivity contribution < 1.29 is 18.7 Å². The van der Waals surface area contributed by atoms with E-state index in [1.54, 1.807) is 26.0 Å². The first-order valence-corrected chi connectivity index (χ1v) is 11.5. The number of hydrogen-bond acceptors (Lipinski definition) is 5. The van der Waals surface area contributed by atoms with Gasteiger partial charge in [-0.15, -0.1) is 0 Å². The Morgan fingerprint density at radius 1 is 1.09 bits per heavy atom. The Morgan fingerprint density at radius 3 is 2.37 bits per heavy atom. The van der Waals surface area contributed by atoms with E-state index in [2.05, 4.69) is 22.4 Å². The number of nitrogens with zero attached hydrogens (tertiary/aromatic N) is 2. The van der Waals surface area contributed by atoms with Crippen molar-refractivity contribution in [1.82, 2.24) is 10.3 Å². The van der Waals surface area contributed by atoms with Gasteiger partial charge in [0.25, 0.3) is 5.91 Å². The SMILES string of the molecule is CC(NC(=O)C(C)(C)Oc1ccc(CF)cn1)C(Cc1ccc(OCC#N)cc1)c1ccccc1. The third-order valence-electron chi connectivity index (χ3n) is 5.73. The second-order valence-corrected chi connectivity index (χ2v) is 8.82. The Labute approximate surface area is 205 Å². The van der Waals surface area contributed by atoms with Crippen molar-refractivity contribution in [3.8, 4) is 17.7 Å². The number of halogens is 1. The van der Waals surface area contributed by atoms with Gasteiger partial charge < -0.3 is 14.8 Å². The summed E-state index contributed by atoms with van der Waals surface area (Å²) in [7, 11) is 0. The van der Waals surface area contributed by atoms with Crippen LogP contribution in [0, 0.1) is 11.3 Å². The van der Waals surface area contributed by atoms with Crippen LogP contribution in [0.15, 0.2) is 72.9 Å². The standard InChI is InChI=1S/C28H30FN3O3/c1-20(32-27(33)28(2,3)35-26-14-11-22(18-29)19-31-26)25(23-7-5-4-6-8-23)17-21-9-12-24(13-10-21)34-16-15-30/h4-14,19-20,25H,16-18H2,1-3H3,(H,32,33). The number of alkyl halides is 1. The summed E-state index contributed by atoms with van der Waals surface area (Å²) >= 11 is 0. The summed E-state index contributed by atoms with van der Waals surface area (Å²) in [6.07, 6.45) is 2.09. The molecule has 3 aromatic rings. The van der Waals surface area contributed by atoms with Gasteiger partial charge in [-0.3, -0.25) is 4.79 Å². The molecule has 3 rings (SSSR count). The first-order valence-electron chi connectivity index (χ1n) is 11.5. The molecule has 0 saturated heterocycles. The molecule has 182 valence electrons. The zero-order valence-corrected chi connectivity index (χ0v) is 20.2. The average Bonchev–Trinajstić information content (AvgIpc) is 2.87. The number of pyridine rings is 1. The molecule has 0 fully saturated rings. The molecule has 7 heteroatoms. The van der Waals surface area contributed by atoms with E-state index in [9.17, 15) is 9.18 Å². The quantitative estimate of drug-likeness (QED) is 0.415. The van der Waals surface area contributed by atoms with Gasteiger partial charge in [0.1, 0.15) is 18.5 Å². The highest BCUT2D eigenvalue weighted by Crippen LogP contribution is 2.27. The lowest BCUT2D eigenvalue weighted by Gasteiger charge is -2.30. The molecule has 0 aliphatic carbocycles. The Bertz CT molecular complexity index is 1130. The molecule has 0 bridgehead atoms. The zero-order chi connectivity index (χ0) is 25.3. The van der Waals surface area contributed by atoms with E-state index >= 15 is 0 Å². The number of hydrogen-bond donors (Lipinski definition) is 1. The lowest BCUT2D eigenvalue weighted by Crippen LogP contribution is -2.51. The van der Waals surface area contributed by atoms with Crippen LogP contribution in [0.4, 0.5) is 4.39 Å². The van der Waals surface area contributed by atoms with E-state index in [1.807, 2.05) is 55.5 Å². The molecule has 2 unspecified atom stereocenters. The van der Waals surface area contributed by atoms with Gasteiger partial charge in [-0.1, -0.05) is 42.5 Å². The molecule has 0 spiro atoms. The maximum Gasteiger partial charge on any atom is 0.263 e. The maximum absolute atomic E-state index is 13.2. The topological polar surface area (TPSA) is 84.2 Å². The van der Waals surface area contributed by atoms with Crippen LogP contribution in [0.1, 0.15) is 43.4 Å². The zero-order valence-electron chi connectivity index (χ0n) is 20.2. The van der Waals surface area contributed by atoms with Gasteiger partial charge >= 0.3 is 0 Å². The van der Waals surface area contributed by atoms with Crippen molar-refractivity contribution in [3.63, 3.8) is 0 Å². The van der Waals surface area contributed by atoms with Crippen molar-refractivity contribution in [2.45, 2.75) is 51.4 Å². The van der Waals surface area contributed by atoms with Gasteiger partial charge in [0.15, 0.2) is 12.2 Å². The molecule has 2 aromatic carbocycles. The summed E-state index contributed by atoms with van der Waals surface area (Å²) in [4.78, 5) is 17.3. The molecule has 1 amide bonds. The molecular formula is C28H30FN3O3. The molecule has 6 nitrogen and oxygen atoms in total. The predicted molar refractivity (Wildman–Crippen MR) is 132 cm³/mol. The summed E-state index contributed by atoms with van der Waals surface area (Å²) in [6, 6.07) is 22.6. The monoisotopic (exact) mass is 475 g/mol. The van der Waals surface area contributed by atoms with Gasteiger partial charge in [0.2, 0.25) is 5.88 Å². The summed E-state index contributed by atoms with van der Waals surface area (Å²) in [6.45, 7) is 4.73. The fraction of sp³-hybridized carbons (Fsp3) is 0.321. The van der Waals surface area contributed by atoms with Crippen molar-refractivity contribution in [3.05, 3.63) is 89.6 Å². The first-order chi connectivity index (χ1) is 16.8. The number of nitrogens with one attached hydrogen (secondary N) is 1. The minimum atomic E-state index is -1.18. The Balaban J connectivity index is 1.72. The molecular weight excluding hydrogens is 445 g/mol. The third-order valence-corrected chi connectivity index (χ3v) is 5.73. The van der Waals surface area contributed by atoms with Crippen molar-refractivity contribution in [2.75, 3.05) is 6.61 Å². The highest BCUT2D eigenvalue weighted by Gasteiger charge is 2.33. The smallest absolute Gasteiger partial charge is 0.263 e. The van der Waals surface area contributed by atoms with E-state index in [1.165, 1.54) is 6.20 Å². The number of carbonyl (C=O) groups excluding carboxylic acids is 1. The van der Waals surface area contributed by atoms with E-state index < -0.39 is 12.3 Å². The van der Waals surface area contributed by atoms with Crippen LogP contribution in [0.25, 0.3) is 0 Å². The van der Waals surface area contributed by atoms with Crippen LogP contribution < -0.4 is 14.8 Å². The summed E-state index contributed by atoms with van der Waals surface area (Å²) < 4.78 is 23.9. The van der Waals surface area contributed by atoms with Crippen LogP contribution in [0.2, 0.25) is 0 Å². The predicted octanol–water partition coefficient (Wildman–Crippen LogP) is 5.14. The fourth-order valence-corrected chi connectivity index (χ4v) is 3.71. The number of amides is 1. The second-order valence-electron chi connectivity index (χ2n) is 8.82. The van der Waals surface area contributed by atoms with E-state index in [4.69, 9.17) is 14.7 Å². The first kappa shape index (κ1) is 25.7. The average molecular weight is 476 g/mol. The van der Waals surface area contributed by atoms with Gasteiger partial charge in [0.05, 0.1) is 0 Å². The summed E-state index contributed by atoms with van der Waals surface area (Å²) in [5.74, 6) is 0.625. The highest BCUT2D eigenvalue weighted by molar-refractivity contribution is 5.85. The van der Waals surface area contributed by atoms with Crippen LogP contribution in [-0.2, 0) is 17.9 Å². The van der Waals surface area contributed by atoms with E-state index in [0.717, 1.165) is 11.1 Å². The van der Waals surface area contributed by atoms with E-state index in [0.29, 0.717) is 17.7 Å². The van der Waals surface area contributed by atoms with Crippen LogP contribution in [0.5, 0.6) is 11.6 Å². The van der Waals surface area contributed by atoms with Crippen molar-refractivity contribution in [1.29, 1.82) is 5.26 Å². The molecule has 0 saturated carbocycles. The number of aromatic nitrogens is 1. The van der Waals surface area contributed by atoms with Gasteiger partial charge in [-0.25, -0.2) is 9.37 Å². The third kappa shape index (κ3) is 7.28. The molecule has 2 atom stereocenters. The maximum atomic E-state index is 13.2. The number of rotatable bonds is 11. The molecule has 1 aromatic heterocycles. The normalized spacial score (nSPS) is 12.8. The van der Waals surface area contributed by atoms with Crippen molar-refractivity contribution >= 4 is 5.91 Å². The highest BCUT2D eigenvalue weighted by atomic mass is 19.1. The lowest BCUT2D eigenvalue weighted by molar-refractivity contribution is -0.135. The van der Waals surface area contributed by atoms with Crippen LogP contribution in [0.3, 0.4) is 0 Å². The molecule has 0 aliphatic heterocycles. The molecule has 0 radical (unpaired) electrons. The Morgan fingerprint density at radius 2 is 1.77 bits per heavy atom. The summed E-state index contributed by atoms with van der Waals surface area (Å²) in [5.41, 5.74) is 1.45. The second kappa shape index (κ2) is 12.0. The van der Waals surface area contributed by atoms with Crippen molar-refractivity contribution in [2.24, 2.45) is 0 Å². The number of carbonyl (C=O) groups is 1. The minimum absolute atomic E-state index is 0.00240. The molecule has 1 heterocycles. The Kier molecular flexibility index (Phi) is 8.80.